The Bertz CT molecular complexity index is 590. The van der Waals surface area contributed by atoms with Crippen LogP contribution in [0.2, 0.25) is 0 Å². The number of likely N-dealkylation sites (N-methyl/N-ethyl adjacent to an activating group) is 1. The first-order valence-corrected chi connectivity index (χ1v) is 7.98. The zero-order valence-electron chi connectivity index (χ0n) is 13.3. The smallest absolute Gasteiger partial charge is 0.0596 e. The maximum Gasteiger partial charge on any atom is 0.0596 e. The largest absolute Gasteiger partial charge is 0.316 e. The third-order valence-corrected chi connectivity index (χ3v) is 4.74. The lowest BCUT2D eigenvalue weighted by Crippen LogP contribution is -2.36. The van der Waals surface area contributed by atoms with Crippen molar-refractivity contribution in [3.05, 3.63) is 52.8 Å². The lowest BCUT2D eigenvalue weighted by Gasteiger charge is -2.23. The van der Waals surface area contributed by atoms with Crippen LogP contribution in [0.5, 0.6) is 0 Å². The molecule has 0 fully saturated rings. The highest BCUT2D eigenvalue weighted by Crippen LogP contribution is 2.29. The highest BCUT2D eigenvalue weighted by molar-refractivity contribution is 5.32. The number of hydrogen-bond donors (Lipinski definition) is 1. The van der Waals surface area contributed by atoms with Crippen molar-refractivity contribution >= 4 is 0 Å². The van der Waals surface area contributed by atoms with Gasteiger partial charge >= 0.3 is 0 Å². The molecule has 1 aliphatic rings. The van der Waals surface area contributed by atoms with E-state index >= 15 is 0 Å². The predicted octanol–water partition coefficient (Wildman–Crippen LogP) is 2.76. The van der Waals surface area contributed by atoms with Crippen LogP contribution in [0.3, 0.4) is 0 Å². The summed E-state index contributed by atoms with van der Waals surface area (Å²) in [6.07, 6.45) is 3.45. The minimum Gasteiger partial charge on any atom is -0.316 e. The summed E-state index contributed by atoms with van der Waals surface area (Å²) in [7, 11) is 2.09. The molecule has 0 radical (unpaired) electrons. The van der Waals surface area contributed by atoms with E-state index in [-0.39, 0.29) is 0 Å². The van der Waals surface area contributed by atoms with Gasteiger partial charge in [-0.2, -0.15) is 5.10 Å². The van der Waals surface area contributed by atoms with E-state index < -0.39 is 0 Å². The number of rotatable bonds is 5. The molecule has 112 valence electrons. The first kappa shape index (κ1) is 14.3. The number of benzene rings is 1. The van der Waals surface area contributed by atoms with E-state index in [9.17, 15) is 0 Å². The summed E-state index contributed by atoms with van der Waals surface area (Å²) in [6, 6.07) is 11.6. The summed E-state index contributed by atoms with van der Waals surface area (Å²) < 4.78 is 2.14. The van der Waals surface area contributed by atoms with Gasteiger partial charge in [0.1, 0.15) is 0 Å². The van der Waals surface area contributed by atoms with Crippen molar-refractivity contribution in [3.8, 4) is 0 Å². The van der Waals surface area contributed by atoms with Gasteiger partial charge in [0.15, 0.2) is 0 Å². The molecule has 3 nitrogen and oxygen atoms in total. The second kappa shape index (κ2) is 6.02. The molecule has 0 saturated carbocycles. The molecule has 0 amide bonds. The van der Waals surface area contributed by atoms with Crippen molar-refractivity contribution in [2.24, 2.45) is 5.92 Å². The minimum atomic E-state index is 0.513. The first-order valence-electron chi connectivity index (χ1n) is 7.98. The Balaban J connectivity index is 1.75. The molecule has 0 saturated heterocycles. The van der Waals surface area contributed by atoms with Crippen molar-refractivity contribution in [2.75, 3.05) is 7.05 Å². The van der Waals surface area contributed by atoms with Crippen LogP contribution in [0.15, 0.2) is 30.3 Å². The molecule has 21 heavy (non-hydrogen) atoms. The van der Waals surface area contributed by atoms with E-state index in [0.717, 1.165) is 18.7 Å². The molecule has 0 spiro atoms. The molecular formula is C18H25N3. The summed E-state index contributed by atoms with van der Waals surface area (Å²) in [5, 5.41) is 8.12. The van der Waals surface area contributed by atoms with E-state index in [2.05, 4.69) is 66.3 Å². The molecule has 1 atom stereocenters. The van der Waals surface area contributed by atoms with Crippen LogP contribution in [0.1, 0.15) is 29.4 Å². The van der Waals surface area contributed by atoms with Crippen LogP contribution >= 0.6 is 0 Å². The van der Waals surface area contributed by atoms with E-state index in [1.807, 2.05) is 0 Å². The van der Waals surface area contributed by atoms with Crippen molar-refractivity contribution in [2.45, 2.75) is 45.7 Å². The van der Waals surface area contributed by atoms with Gasteiger partial charge in [-0.15, -0.1) is 0 Å². The lowest BCUT2D eigenvalue weighted by molar-refractivity contribution is 0.374. The van der Waals surface area contributed by atoms with Gasteiger partial charge < -0.3 is 5.32 Å². The van der Waals surface area contributed by atoms with Crippen molar-refractivity contribution in [1.29, 1.82) is 0 Å². The van der Waals surface area contributed by atoms with Gasteiger partial charge in [0.2, 0.25) is 0 Å². The van der Waals surface area contributed by atoms with Gasteiger partial charge in [0.05, 0.1) is 5.69 Å². The molecule has 1 aliphatic carbocycles. The lowest BCUT2D eigenvalue weighted by atomic mass is 9.93. The normalized spacial score (nSPS) is 16.1. The van der Waals surface area contributed by atoms with E-state index in [1.165, 1.54) is 29.7 Å². The SMILES string of the molecule is CCn1nc(C)cc1CC(NC)C1Cc2ccccc2C1. The summed E-state index contributed by atoms with van der Waals surface area (Å²) >= 11 is 0. The summed E-state index contributed by atoms with van der Waals surface area (Å²) in [5.74, 6) is 0.688. The Morgan fingerprint density at radius 3 is 2.52 bits per heavy atom. The average molecular weight is 283 g/mol. The van der Waals surface area contributed by atoms with Gasteiger partial charge in [-0.1, -0.05) is 24.3 Å². The molecule has 3 heteroatoms. The number of fused-ring (bicyclic) bond motifs is 1. The number of hydrogen-bond acceptors (Lipinski definition) is 2. The van der Waals surface area contributed by atoms with Crippen LogP contribution in [-0.2, 0) is 25.8 Å². The fraction of sp³-hybridized carbons (Fsp3) is 0.500. The molecule has 1 heterocycles. The van der Waals surface area contributed by atoms with Crippen LogP contribution in [0.4, 0.5) is 0 Å². The molecule has 0 aliphatic heterocycles. The minimum absolute atomic E-state index is 0.513. The van der Waals surface area contributed by atoms with Crippen LogP contribution in [0.25, 0.3) is 0 Å². The van der Waals surface area contributed by atoms with Crippen LogP contribution in [0, 0.1) is 12.8 Å². The Morgan fingerprint density at radius 2 is 1.95 bits per heavy atom. The quantitative estimate of drug-likeness (QED) is 0.914. The maximum atomic E-state index is 4.57. The average Bonchev–Trinajstić information content (AvgIpc) is 3.07. The van der Waals surface area contributed by atoms with Crippen molar-refractivity contribution < 1.29 is 0 Å². The van der Waals surface area contributed by atoms with Gasteiger partial charge in [0.25, 0.3) is 0 Å². The van der Waals surface area contributed by atoms with Gasteiger partial charge in [0, 0.05) is 24.7 Å². The Hall–Kier alpha value is -1.61. The fourth-order valence-corrected chi connectivity index (χ4v) is 3.64. The molecule has 3 rings (SSSR count). The molecule has 1 unspecified atom stereocenters. The molecule has 1 aromatic carbocycles. The molecule has 1 aromatic heterocycles. The summed E-state index contributed by atoms with van der Waals surface area (Å²) in [5.41, 5.74) is 5.53. The summed E-state index contributed by atoms with van der Waals surface area (Å²) in [4.78, 5) is 0. The molecule has 1 N–H and O–H groups in total. The summed E-state index contributed by atoms with van der Waals surface area (Å²) in [6.45, 7) is 5.19. The van der Waals surface area contributed by atoms with Crippen LogP contribution in [-0.4, -0.2) is 22.9 Å². The van der Waals surface area contributed by atoms with Gasteiger partial charge in [-0.05, 0) is 56.8 Å². The maximum absolute atomic E-state index is 4.57. The number of aryl methyl sites for hydroxylation is 2. The highest BCUT2D eigenvalue weighted by atomic mass is 15.3. The third kappa shape index (κ3) is 2.88. The predicted molar refractivity (Wildman–Crippen MR) is 86.5 cm³/mol. The van der Waals surface area contributed by atoms with Crippen molar-refractivity contribution in [3.63, 3.8) is 0 Å². The number of aromatic nitrogens is 2. The highest BCUT2D eigenvalue weighted by Gasteiger charge is 2.28. The fourth-order valence-electron chi connectivity index (χ4n) is 3.64. The Kier molecular flexibility index (Phi) is 4.11. The van der Waals surface area contributed by atoms with E-state index in [1.54, 1.807) is 0 Å². The second-order valence-corrected chi connectivity index (χ2v) is 6.13. The molecule has 2 aromatic rings. The van der Waals surface area contributed by atoms with Gasteiger partial charge in [-0.25, -0.2) is 0 Å². The Labute approximate surface area is 127 Å². The van der Waals surface area contributed by atoms with Gasteiger partial charge in [-0.3, -0.25) is 4.68 Å². The standard InChI is InChI=1S/C18H25N3/c1-4-21-17(9-13(2)20-21)12-18(19-3)16-10-14-7-5-6-8-15(14)11-16/h5-9,16,18-19H,4,10-12H2,1-3H3. The molecule has 0 bridgehead atoms. The third-order valence-electron chi connectivity index (χ3n) is 4.74. The molecular weight excluding hydrogens is 258 g/mol. The van der Waals surface area contributed by atoms with E-state index in [4.69, 9.17) is 0 Å². The van der Waals surface area contributed by atoms with Crippen molar-refractivity contribution in [1.82, 2.24) is 15.1 Å². The van der Waals surface area contributed by atoms with Crippen LogP contribution < -0.4 is 5.32 Å². The van der Waals surface area contributed by atoms with E-state index in [0.29, 0.717) is 12.0 Å². The zero-order chi connectivity index (χ0) is 14.8. The second-order valence-electron chi connectivity index (χ2n) is 6.13. The number of nitrogens with one attached hydrogen (secondary N) is 1. The first-order chi connectivity index (χ1) is 10.2. The Morgan fingerprint density at radius 1 is 1.29 bits per heavy atom. The number of nitrogens with zero attached hydrogens (tertiary/aromatic N) is 2. The zero-order valence-corrected chi connectivity index (χ0v) is 13.3. The topological polar surface area (TPSA) is 29.9 Å². The monoisotopic (exact) mass is 283 g/mol.